The largest absolute Gasteiger partial charge is 0.0651 e. The molecule has 3 aliphatic rings. The van der Waals surface area contributed by atoms with Crippen molar-refractivity contribution < 1.29 is 0 Å². The van der Waals surface area contributed by atoms with Crippen LogP contribution in [0.1, 0.15) is 11.1 Å². The predicted octanol–water partition coefficient (Wildman–Crippen LogP) is 10.4. The minimum atomic E-state index is -0.343. The van der Waals surface area contributed by atoms with Gasteiger partial charge in [0, 0.05) is 0 Å². The Bertz CT molecular complexity index is 3800. The average Bonchev–Trinajstić information content (AvgIpc) is 3.49. The smallest absolute Gasteiger partial charge is 0.0594 e. The Morgan fingerprint density at radius 1 is 0.367 bits per heavy atom. The Labute approximate surface area is 278 Å². The third kappa shape index (κ3) is 2.19. The van der Waals surface area contributed by atoms with Gasteiger partial charge in [-0.3, -0.25) is 0 Å². The van der Waals surface area contributed by atoms with Crippen LogP contribution in [-0.4, -0.2) is 0 Å². The summed E-state index contributed by atoms with van der Waals surface area (Å²) >= 11 is 0. The van der Waals surface area contributed by atoms with Crippen LogP contribution in [0, 0.1) is 0 Å². The van der Waals surface area contributed by atoms with Crippen molar-refractivity contribution in [3.05, 3.63) is 142 Å². The van der Waals surface area contributed by atoms with E-state index in [2.05, 4.69) is 133 Å². The molecule has 0 saturated carbocycles. The van der Waals surface area contributed by atoms with Crippen LogP contribution >= 0.6 is 0 Å². The van der Waals surface area contributed by atoms with Crippen LogP contribution < -0.4 is 15.7 Å². The molecule has 1 spiro atoms. The van der Waals surface area contributed by atoms with Gasteiger partial charge in [-0.05, 0) is 146 Å². The van der Waals surface area contributed by atoms with Crippen LogP contribution in [0.2, 0.25) is 0 Å². The van der Waals surface area contributed by atoms with Gasteiger partial charge in [0.2, 0.25) is 0 Å². The van der Waals surface area contributed by atoms with E-state index in [0.29, 0.717) is 0 Å². The Morgan fingerprint density at radius 3 is 1.43 bits per heavy atom. The van der Waals surface area contributed by atoms with E-state index in [9.17, 15) is 0 Å². The first-order chi connectivity index (χ1) is 24.3. The maximum atomic E-state index is 2.67. The van der Waals surface area contributed by atoms with Crippen molar-refractivity contribution >= 4 is 132 Å². The van der Waals surface area contributed by atoms with Gasteiger partial charge >= 0.3 is 0 Å². The number of hydrogen-bond donors (Lipinski definition) is 0. The Balaban J connectivity index is 1.29. The Kier molecular flexibility index (Phi) is 3.29. The normalized spacial score (nSPS) is 18.1. The monoisotopic (exact) mass is 610 g/mol. The first-order valence-corrected chi connectivity index (χ1v) is 17.5. The lowest BCUT2D eigenvalue weighted by atomic mass is 9.65. The van der Waals surface area contributed by atoms with Gasteiger partial charge in [0.25, 0.3) is 0 Å². The molecule has 0 heteroatoms. The maximum absolute atomic E-state index is 2.67. The molecule has 3 aliphatic carbocycles. The van der Waals surface area contributed by atoms with Crippen molar-refractivity contribution in [1.82, 2.24) is 0 Å². The number of allylic oxidation sites excluding steroid dienone is 1. The summed E-state index contributed by atoms with van der Waals surface area (Å²) in [6.45, 7) is 0. The highest BCUT2D eigenvalue weighted by atomic mass is 14.4. The summed E-state index contributed by atoms with van der Waals surface area (Å²) in [5.41, 5.74) is 3.92. The number of fused-ring (bicyclic) bond motifs is 3. The zero-order valence-electron chi connectivity index (χ0n) is 26.2. The predicted molar refractivity (Wildman–Crippen MR) is 210 cm³/mol. The van der Waals surface area contributed by atoms with Gasteiger partial charge in [0.05, 0.1) is 5.41 Å². The van der Waals surface area contributed by atoms with E-state index in [1.165, 1.54) is 140 Å². The maximum Gasteiger partial charge on any atom is 0.0594 e. The molecule has 1 unspecified atom stereocenters. The van der Waals surface area contributed by atoms with Crippen molar-refractivity contribution in [1.29, 1.82) is 0 Å². The zero-order valence-corrected chi connectivity index (χ0v) is 26.2. The molecule has 218 valence electrons. The van der Waals surface area contributed by atoms with Crippen molar-refractivity contribution in [2.45, 2.75) is 5.41 Å². The first kappa shape index (κ1) is 23.1. The molecule has 0 saturated heterocycles. The molecule has 0 radical (unpaired) electrons. The highest BCUT2D eigenvalue weighted by Gasteiger charge is 2.43. The average molecular weight is 611 g/mol. The van der Waals surface area contributed by atoms with Crippen LogP contribution in [0.5, 0.6) is 0 Å². The summed E-state index contributed by atoms with van der Waals surface area (Å²) < 4.78 is 0. The quantitative estimate of drug-likeness (QED) is 0.118. The topological polar surface area (TPSA) is 0 Å². The van der Waals surface area contributed by atoms with E-state index in [1.807, 2.05) is 0 Å². The third-order valence-electron chi connectivity index (χ3n) is 13.2. The molecule has 0 bridgehead atoms. The molecule has 1 atom stereocenters. The fraction of sp³-hybridized carbons (Fsp3) is 0.0204. The van der Waals surface area contributed by atoms with Crippen LogP contribution in [0.25, 0.3) is 132 Å². The zero-order chi connectivity index (χ0) is 31.1. The molecule has 0 nitrogen and oxygen atoms in total. The molecule has 0 aliphatic heterocycles. The van der Waals surface area contributed by atoms with Crippen molar-refractivity contribution in [3.8, 4) is 0 Å². The third-order valence-corrected chi connectivity index (χ3v) is 13.2. The van der Waals surface area contributed by atoms with E-state index in [0.717, 1.165) is 0 Å². The molecule has 12 aromatic rings. The summed E-state index contributed by atoms with van der Waals surface area (Å²) in [4.78, 5) is 0. The summed E-state index contributed by atoms with van der Waals surface area (Å²) in [5.74, 6) is 0. The van der Waals surface area contributed by atoms with E-state index < -0.39 is 0 Å². The van der Waals surface area contributed by atoms with Crippen molar-refractivity contribution in [2.24, 2.45) is 0 Å². The van der Waals surface area contributed by atoms with Crippen molar-refractivity contribution in [3.63, 3.8) is 0 Å². The summed E-state index contributed by atoms with van der Waals surface area (Å²) in [6, 6.07) is 42.4. The van der Waals surface area contributed by atoms with Crippen LogP contribution in [0.3, 0.4) is 0 Å². The van der Waals surface area contributed by atoms with E-state index >= 15 is 0 Å². The van der Waals surface area contributed by atoms with Gasteiger partial charge < -0.3 is 0 Å². The van der Waals surface area contributed by atoms with Gasteiger partial charge in [-0.15, -0.1) is 0 Å². The second-order valence-electron chi connectivity index (χ2n) is 15.1. The summed E-state index contributed by atoms with van der Waals surface area (Å²) in [7, 11) is 0. The lowest BCUT2D eigenvalue weighted by Crippen LogP contribution is -2.31. The van der Waals surface area contributed by atoms with Crippen LogP contribution in [0.15, 0.2) is 115 Å². The van der Waals surface area contributed by atoms with Crippen LogP contribution in [-0.2, 0) is 5.41 Å². The van der Waals surface area contributed by atoms with Crippen molar-refractivity contribution in [2.75, 3.05) is 0 Å². The Morgan fingerprint density at radius 2 is 0.816 bits per heavy atom. The second kappa shape index (κ2) is 6.97. The summed E-state index contributed by atoms with van der Waals surface area (Å²) in [5, 5.41) is 32.0. The van der Waals surface area contributed by atoms with Crippen LogP contribution in [0.4, 0.5) is 0 Å². The van der Waals surface area contributed by atoms with Gasteiger partial charge in [-0.2, -0.15) is 0 Å². The van der Waals surface area contributed by atoms with Gasteiger partial charge in [-0.25, -0.2) is 0 Å². The molecular formula is C49H22. The fourth-order valence-corrected chi connectivity index (χ4v) is 11.5. The van der Waals surface area contributed by atoms with E-state index in [-0.39, 0.29) is 5.41 Å². The van der Waals surface area contributed by atoms with Gasteiger partial charge in [0.1, 0.15) is 0 Å². The van der Waals surface area contributed by atoms with Gasteiger partial charge in [-0.1, -0.05) is 127 Å². The minimum absolute atomic E-state index is 0.343. The minimum Gasteiger partial charge on any atom is -0.0651 e. The lowest BCUT2D eigenvalue weighted by Gasteiger charge is -2.37. The van der Waals surface area contributed by atoms with Gasteiger partial charge in [0.15, 0.2) is 0 Å². The number of rotatable bonds is 0. The first-order valence-electron chi connectivity index (χ1n) is 17.5. The molecular weight excluding hydrogens is 589 g/mol. The molecule has 0 amide bonds. The van der Waals surface area contributed by atoms with E-state index in [4.69, 9.17) is 0 Å². The second-order valence-corrected chi connectivity index (χ2v) is 15.1. The molecule has 0 heterocycles. The number of benzene rings is 12. The van der Waals surface area contributed by atoms with E-state index in [1.54, 1.807) is 0 Å². The lowest BCUT2D eigenvalue weighted by molar-refractivity contribution is 0.973. The Hall–Kier alpha value is -6.24. The standard InChI is InChI=1S/C49H22/c1-2-24-6-10-29-16-18-33-45-34(32-17-15-28-9-5-23(1)36-37(24)42(29)47(33)46(32)41(28)36)22-49-20-19-30-12-11-26-7-3-25-4-8-27-13-14-31(21-35(45)49)44-40(27)38(25)39(26)43(30)48(44)49/h1-22H. The number of hydrogen-bond acceptors (Lipinski definition) is 0. The molecule has 0 aromatic heterocycles. The molecule has 0 N–H and O–H groups in total. The highest BCUT2D eigenvalue weighted by molar-refractivity contribution is 6.45. The molecule has 15 rings (SSSR count). The molecule has 0 fully saturated rings. The molecule has 49 heavy (non-hydrogen) atoms. The summed E-state index contributed by atoms with van der Waals surface area (Å²) in [6.07, 6.45) is 10.2. The SMILES string of the molecule is C1=CC23C=c4c(c5ccc6ccc7ccc8ccc9ccc4c4c9c8c7c6c54)=C2C=c2ccc4ccc5ccc6ccc1c1c3c2c4c5c61. The fourth-order valence-electron chi connectivity index (χ4n) is 11.5. The molecule has 12 aromatic carbocycles. The highest BCUT2D eigenvalue weighted by Crippen LogP contribution is 2.55.